The largest absolute Gasteiger partial charge is 0.484 e. The number of ether oxygens (including phenoxy) is 2. The molecule has 2 bridgehead atoms. The third-order valence-electron chi connectivity index (χ3n) is 8.59. The maximum atomic E-state index is 13.7. The predicted molar refractivity (Wildman–Crippen MR) is 157 cm³/mol. The molecule has 0 saturated heterocycles. The number of halogens is 2. The average molecular weight is 609 g/mol. The number of esters is 1. The second-order valence-electron chi connectivity index (χ2n) is 12.0. The molecule has 1 amide bonds. The Morgan fingerprint density at radius 1 is 1.17 bits per heavy atom. The molecule has 0 aromatic heterocycles. The lowest BCUT2D eigenvalue weighted by atomic mass is 9.60. The molecule has 8 nitrogen and oxygen atoms in total. The van der Waals surface area contributed by atoms with Crippen LogP contribution in [0.5, 0.6) is 11.5 Å². The highest BCUT2D eigenvalue weighted by Gasteiger charge is 2.56. The van der Waals surface area contributed by atoms with Gasteiger partial charge >= 0.3 is 5.97 Å². The van der Waals surface area contributed by atoms with Gasteiger partial charge in [-0.1, -0.05) is 31.5 Å². The summed E-state index contributed by atoms with van der Waals surface area (Å²) in [6, 6.07) is 7.93. The zero-order valence-corrected chi connectivity index (χ0v) is 25.9. The Bertz CT molecular complexity index is 1300. The molecule has 11 heteroatoms. The molecule has 3 saturated carbocycles. The number of benzene rings is 2. The first-order valence-electron chi connectivity index (χ1n) is 13.8. The zero-order valence-electron chi connectivity index (χ0n) is 24.2. The van der Waals surface area contributed by atoms with Gasteiger partial charge < -0.3 is 29.5 Å². The fourth-order valence-corrected chi connectivity index (χ4v) is 6.99. The quantitative estimate of drug-likeness (QED) is 0.231. The second-order valence-corrected chi connectivity index (χ2v) is 12.8. The number of fused-ring (bicyclic) bond motifs is 3. The lowest BCUT2D eigenvalue weighted by molar-refractivity contribution is -0.165. The van der Waals surface area contributed by atoms with Crippen molar-refractivity contribution >= 4 is 32.5 Å². The van der Waals surface area contributed by atoms with E-state index in [0.29, 0.717) is 12.2 Å². The van der Waals surface area contributed by atoms with Gasteiger partial charge in [-0.15, -0.1) is 0 Å². The van der Waals surface area contributed by atoms with Crippen molar-refractivity contribution in [3.63, 3.8) is 0 Å². The Labute approximate surface area is 247 Å². The fourth-order valence-electron chi connectivity index (χ4n) is 6.61. The number of carbonyl (C=O) groups is 2. The van der Waals surface area contributed by atoms with E-state index in [4.69, 9.17) is 25.6 Å². The van der Waals surface area contributed by atoms with E-state index in [-0.39, 0.29) is 41.2 Å². The molecule has 0 radical (unpaired) electrons. The van der Waals surface area contributed by atoms with Crippen LogP contribution in [0, 0.1) is 19.7 Å². The summed E-state index contributed by atoms with van der Waals surface area (Å²) >= 11 is 5.72. The molecule has 5 rings (SSSR count). The predicted octanol–water partition coefficient (Wildman–Crippen LogP) is 5.42. The lowest BCUT2D eigenvalue weighted by Crippen LogP contribution is -2.69. The van der Waals surface area contributed by atoms with Crippen LogP contribution in [0.1, 0.15) is 69.1 Å². The normalized spacial score (nSPS) is 24.0. The van der Waals surface area contributed by atoms with Crippen LogP contribution in [0.15, 0.2) is 30.3 Å². The van der Waals surface area contributed by atoms with Gasteiger partial charge in [-0.2, -0.15) is 0 Å². The summed E-state index contributed by atoms with van der Waals surface area (Å²) in [5.74, 6) is -0.498. The molecule has 2 aromatic rings. The molecule has 2 unspecified atom stereocenters. The number of hydrogen-bond donors (Lipinski definition) is 3. The average Bonchev–Trinajstić information content (AvgIpc) is 2.89. The Morgan fingerprint density at radius 2 is 1.88 bits per heavy atom. The summed E-state index contributed by atoms with van der Waals surface area (Å²) in [7, 11) is 1.18. The van der Waals surface area contributed by atoms with Crippen LogP contribution >= 0.6 is 20.6 Å². The molecule has 2 atom stereocenters. The van der Waals surface area contributed by atoms with E-state index < -0.39 is 31.9 Å². The molecular weight excluding hydrogens is 570 g/mol. The Morgan fingerprint density at radius 3 is 2.51 bits per heavy atom. The second kappa shape index (κ2) is 12.4. The first-order valence-corrected chi connectivity index (χ1v) is 15.0. The van der Waals surface area contributed by atoms with E-state index in [0.717, 1.165) is 48.4 Å². The van der Waals surface area contributed by atoms with Gasteiger partial charge in [0.25, 0.3) is 5.91 Å². The number of nitrogens with one attached hydrogen (secondary N) is 2. The minimum Gasteiger partial charge on any atom is -0.484 e. The maximum absolute atomic E-state index is 13.7. The van der Waals surface area contributed by atoms with Gasteiger partial charge in [0.05, 0.1) is 17.0 Å². The van der Waals surface area contributed by atoms with Gasteiger partial charge in [-0.3, -0.25) is 9.59 Å². The van der Waals surface area contributed by atoms with Crippen LogP contribution < -0.4 is 19.9 Å². The standard InChI is InChI=1S/C30H39ClFN2O6P/c1-18-12-19(2)27(23(13-18)40-41-37)28(3,4)16-26(36)39-24-15-29(8-10-30(24,33-5)11-9-29)34-25(35)17-38-20-6-7-21(31)22(32)14-20/h6-7,12-14,24,33,37,41H,8-11,15-17H2,1-5H3,(H,34,35). The molecule has 0 heterocycles. The zero-order chi connectivity index (χ0) is 30.0. The molecule has 2 aromatic carbocycles. The number of carbonyl (C=O) groups excluding carboxylic acids is 2. The van der Waals surface area contributed by atoms with Crippen molar-refractivity contribution in [2.45, 2.75) is 88.8 Å². The van der Waals surface area contributed by atoms with E-state index in [9.17, 15) is 18.9 Å². The third-order valence-corrected chi connectivity index (χ3v) is 9.21. The van der Waals surface area contributed by atoms with Gasteiger partial charge in [0.2, 0.25) is 9.03 Å². The van der Waals surface area contributed by atoms with Crippen LogP contribution in [0.2, 0.25) is 5.02 Å². The first kappa shape index (κ1) is 31.5. The SMILES string of the molecule is CNC12CCC(NC(=O)COc3ccc(Cl)c(F)c3)(CC1)CC2OC(=O)CC(C)(C)c1c(C)cc(C)cc1OPO. The van der Waals surface area contributed by atoms with Crippen molar-refractivity contribution in [2.75, 3.05) is 13.7 Å². The number of rotatable bonds is 11. The minimum absolute atomic E-state index is 0.0182. The summed E-state index contributed by atoms with van der Waals surface area (Å²) in [6.07, 6.45) is 3.11. The molecule has 0 aliphatic heterocycles. The van der Waals surface area contributed by atoms with Crippen molar-refractivity contribution in [2.24, 2.45) is 0 Å². The van der Waals surface area contributed by atoms with Gasteiger partial charge in [0.15, 0.2) is 6.61 Å². The van der Waals surface area contributed by atoms with E-state index in [1.165, 1.54) is 12.1 Å². The first-order chi connectivity index (χ1) is 19.3. The Hall–Kier alpha value is -2.45. The van der Waals surface area contributed by atoms with Crippen molar-refractivity contribution in [3.8, 4) is 11.5 Å². The molecule has 3 aliphatic rings. The monoisotopic (exact) mass is 608 g/mol. The number of hydrogen-bond acceptors (Lipinski definition) is 7. The summed E-state index contributed by atoms with van der Waals surface area (Å²) in [4.78, 5) is 35.8. The van der Waals surface area contributed by atoms with Gasteiger partial charge in [0.1, 0.15) is 23.4 Å². The van der Waals surface area contributed by atoms with E-state index in [1.807, 2.05) is 46.9 Å². The number of likely N-dealkylation sites (N-methyl/N-ethyl adjacent to an activating group) is 1. The molecular formula is C30H39ClFN2O6P. The van der Waals surface area contributed by atoms with Gasteiger partial charge in [-0.25, -0.2) is 4.39 Å². The van der Waals surface area contributed by atoms with Crippen LogP contribution in [-0.2, 0) is 19.7 Å². The number of aryl methyl sites for hydroxylation is 2. The molecule has 41 heavy (non-hydrogen) atoms. The lowest BCUT2D eigenvalue weighted by Gasteiger charge is -2.57. The summed E-state index contributed by atoms with van der Waals surface area (Å²) in [6.45, 7) is 7.59. The molecule has 224 valence electrons. The van der Waals surface area contributed by atoms with Crippen LogP contribution in [0.3, 0.4) is 0 Å². The molecule has 3 N–H and O–H groups in total. The van der Waals surface area contributed by atoms with Crippen LogP contribution in [-0.4, -0.2) is 47.6 Å². The van der Waals surface area contributed by atoms with E-state index in [1.54, 1.807) is 0 Å². The third kappa shape index (κ3) is 6.96. The van der Waals surface area contributed by atoms with E-state index >= 15 is 0 Å². The highest BCUT2D eigenvalue weighted by molar-refractivity contribution is 7.25. The smallest absolute Gasteiger partial charge is 0.307 e. The highest BCUT2D eigenvalue weighted by Crippen LogP contribution is 2.48. The van der Waals surface area contributed by atoms with Crippen molar-refractivity contribution < 1.29 is 32.9 Å². The molecule has 3 aliphatic carbocycles. The van der Waals surface area contributed by atoms with Crippen molar-refractivity contribution in [1.82, 2.24) is 10.6 Å². The maximum Gasteiger partial charge on any atom is 0.307 e. The topological polar surface area (TPSA) is 106 Å². The minimum atomic E-state index is -0.706. The summed E-state index contributed by atoms with van der Waals surface area (Å²) in [5.41, 5.74) is 1.33. The highest BCUT2D eigenvalue weighted by atomic mass is 35.5. The van der Waals surface area contributed by atoms with Crippen molar-refractivity contribution in [3.05, 3.63) is 57.9 Å². The van der Waals surface area contributed by atoms with E-state index in [2.05, 4.69) is 10.6 Å². The van der Waals surface area contributed by atoms with Crippen LogP contribution in [0.4, 0.5) is 4.39 Å². The van der Waals surface area contributed by atoms with Crippen LogP contribution in [0.25, 0.3) is 0 Å². The molecule has 3 fully saturated rings. The van der Waals surface area contributed by atoms with Crippen molar-refractivity contribution in [1.29, 1.82) is 0 Å². The Balaban J connectivity index is 1.43. The number of amides is 1. The van der Waals surface area contributed by atoms with Gasteiger partial charge in [0, 0.05) is 29.0 Å². The Kier molecular flexibility index (Phi) is 9.54. The fraction of sp³-hybridized carbons (Fsp3) is 0.533. The summed E-state index contributed by atoms with van der Waals surface area (Å²) < 4.78 is 30.9. The van der Waals surface area contributed by atoms with Gasteiger partial charge in [-0.05, 0) is 75.9 Å². The summed E-state index contributed by atoms with van der Waals surface area (Å²) in [5, 5.41) is 6.52. The molecule has 0 spiro atoms.